The van der Waals surface area contributed by atoms with Crippen LogP contribution in [0.2, 0.25) is 5.04 Å². The Balaban J connectivity index is 1.69. The van der Waals surface area contributed by atoms with Gasteiger partial charge < -0.3 is 9.16 Å². The van der Waals surface area contributed by atoms with Gasteiger partial charge in [-0.1, -0.05) is 99.6 Å². The van der Waals surface area contributed by atoms with Crippen molar-refractivity contribution in [2.45, 2.75) is 48.7 Å². The number of epoxide rings is 1. The van der Waals surface area contributed by atoms with E-state index in [4.69, 9.17) is 9.16 Å². The van der Waals surface area contributed by atoms with Gasteiger partial charge >= 0.3 is 0 Å². The van der Waals surface area contributed by atoms with E-state index in [1.165, 1.54) is 0 Å². The minimum atomic E-state index is -3.59. The van der Waals surface area contributed by atoms with Crippen LogP contribution in [-0.2, 0) is 19.0 Å². The third-order valence-corrected chi connectivity index (χ3v) is 13.2. The van der Waals surface area contributed by atoms with E-state index < -0.39 is 29.2 Å². The molecular formula is C26H30O4SSi. The van der Waals surface area contributed by atoms with Crippen molar-refractivity contribution >= 4 is 28.5 Å². The van der Waals surface area contributed by atoms with Crippen LogP contribution in [-0.4, -0.2) is 34.4 Å². The molecule has 0 bridgehead atoms. The van der Waals surface area contributed by atoms with E-state index >= 15 is 0 Å². The van der Waals surface area contributed by atoms with Crippen LogP contribution in [0.15, 0.2) is 95.9 Å². The molecule has 4 rings (SSSR count). The molecular weight excluding hydrogens is 436 g/mol. The number of rotatable bonds is 7. The lowest BCUT2D eigenvalue weighted by Gasteiger charge is -2.43. The van der Waals surface area contributed by atoms with Gasteiger partial charge in [-0.15, -0.1) is 0 Å². The van der Waals surface area contributed by atoms with Gasteiger partial charge in [-0.2, -0.15) is 0 Å². The molecule has 3 aromatic carbocycles. The second-order valence-electron chi connectivity index (χ2n) is 9.57. The van der Waals surface area contributed by atoms with Crippen molar-refractivity contribution in [3.63, 3.8) is 0 Å². The highest BCUT2D eigenvalue weighted by Gasteiger charge is 2.62. The van der Waals surface area contributed by atoms with E-state index in [1.807, 2.05) is 43.3 Å². The van der Waals surface area contributed by atoms with E-state index in [-0.39, 0.29) is 16.5 Å². The van der Waals surface area contributed by atoms with Gasteiger partial charge in [0.2, 0.25) is 9.84 Å². The lowest BCUT2D eigenvalue weighted by Crippen LogP contribution is -2.67. The molecule has 32 heavy (non-hydrogen) atoms. The highest BCUT2D eigenvalue weighted by Crippen LogP contribution is 2.45. The van der Waals surface area contributed by atoms with E-state index in [2.05, 4.69) is 45.0 Å². The van der Waals surface area contributed by atoms with Crippen molar-refractivity contribution in [3.8, 4) is 0 Å². The molecule has 3 aromatic rings. The molecule has 2 atom stereocenters. The second-order valence-corrected chi connectivity index (χ2v) is 15.9. The summed E-state index contributed by atoms with van der Waals surface area (Å²) in [5, 5.41) is 2.13. The summed E-state index contributed by atoms with van der Waals surface area (Å²) < 4.78 is 38.9. The van der Waals surface area contributed by atoms with E-state index in [1.54, 1.807) is 30.3 Å². The molecule has 0 N–H and O–H groups in total. The van der Waals surface area contributed by atoms with Gasteiger partial charge in [0.1, 0.15) is 5.60 Å². The van der Waals surface area contributed by atoms with Gasteiger partial charge in [0.15, 0.2) is 5.44 Å². The first-order valence-corrected chi connectivity index (χ1v) is 14.3. The first-order valence-electron chi connectivity index (χ1n) is 10.8. The molecule has 1 saturated heterocycles. The van der Waals surface area contributed by atoms with E-state index in [0.29, 0.717) is 0 Å². The predicted octanol–water partition coefficient (Wildman–Crippen LogP) is 4.15. The summed E-state index contributed by atoms with van der Waals surface area (Å²) in [5.41, 5.74) is -1.79. The van der Waals surface area contributed by atoms with Crippen LogP contribution < -0.4 is 10.4 Å². The summed E-state index contributed by atoms with van der Waals surface area (Å²) in [5.74, 6) is 0. The summed E-state index contributed by atoms with van der Waals surface area (Å²) >= 11 is 0. The molecule has 0 radical (unpaired) electrons. The monoisotopic (exact) mass is 466 g/mol. The smallest absolute Gasteiger partial charge is 0.261 e. The van der Waals surface area contributed by atoms with Crippen LogP contribution in [0.4, 0.5) is 0 Å². The first-order chi connectivity index (χ1) is 15.1. The molecule has 1 heterocycles. The highest BCUT2D eigenvalue weighted by atomic mass is 32.2. The van der Waals surface area contributed by atoms with Gasteiger partial charge in [-0.25, -0.2) is 8.42 Å². The van der Waals surface area contributed by atoms with Crippen molar-refractivity contribution in [1.82, 2.24) is 0 Å². The Kier molecular flexibility index (Phi) is 5.92. The molecule has 0 aliphatic carbocycles. The lowest BCUT2D eigenvalue weighted by atomic mass is 10.2. The van der Waals surface area contributed by atoms with Crippen LogP contribution in [0.5, 0.6) is 0 Å². The van der Waals surface area contributed by atoms with E-state index in [0.717, 1.165) is 10.4 Å². The fourth-order valence-electron chi connectivity index (χ4n) is 4.45. The lowest BCUT2D eigenvalue weighted by molar-refractivity contribution is 0.193. The van der Waals surface area contributed by atoms with Crippen molar-refractivity contribution < 1.29 is 17.6 Å². The van der Waals surface area contributed by atoms with Gasteiger partial charge in [0.05, 0.1) is 11.5 Å². The van der Waals surface area contributed by atoms with Crippen LogP contribution >= 0.6 is 0 Å². The maximum Gasteiger partial charge on any atom is 0.261 e. The molecule has 6 heteroatoms. The Bertz CT molecular complexity index is 1120. The maximum absolute atomic E-state index is 13.1. The highest BCUT2D eigenvalue weighted by molar-refractivity contribution is 7.92. The molecule has 1 aliphatic rings. The molecule has 0 saturated carbocycles. The van der Waals surface area contributed by atoms with Gasteiger partial charge in [-0.05, 0) is 34.5 Å². The van der Waals surface area contributed by atoms with Crippen LogP contribution in [0.3, 0.4) is 0 Å². The molecule has 1 aliphatic heterocycles. The van der Waals surface area contributed by atoms with Crippen molar-refractivity contribution in [2.24, 2.45) is 0 Å². The minimum absolute atomic E-state index is 0.186. The zero-order valence-corrected chi connectivity index (χ0v) is 20.8. The molecule has 0 aromatic heterocycles. The molecule has 168 valence electrons. The van der Waals surface area contributed by atoms with E-state index in [9.17, 15) is 8.42 Å². The summed E-state index contributed by atoms with van der Waals surface area (Å²) in [6, 6.07) is 29.1. The average Bonchev–Trinajstić information content (AvgIpc) is 3.48. The Hall–Kier alpha value is -2.25. The molecule has 1 fully saturated rings. The van der Waals surface area contributed by atoms with Crippen molar-refractivity contribution in [1.29, 1.82) is 0 Å². The Morgan fingerprint density at radius 3 is 1.72 bits per heavy atom. The molecule has 0 amide bonds. The average molecular weight is 467 g/mol. The van der Waals surface area contributed by atoms with Crippen LogP contribution in [0.25, 0.3) is 0 Å². The first kappa shape index (κ1) is 22.9. The SMILES string of the molecule is CC(C)(C)[Si](OC[C@@]1(C)O[C@H]1S(=O)(=O)c1ccccc1)(c1ccccc1)c1ccccc1. The Morgan fingerprint density at radius 2 is 1.28 bits per heavy atom. The number of hydrogen-bond acceptors (Lipinski definition) is 4. The molecule has 0 unspecified atom stereocenters. The van der Waals surface area contributed by atoms with Gasteiger partial charge in [0.25, 0.3) is 8.32 Å². The fraction of sp³-hybridized carbons (Fsp3) is 0.308. The summed E-state index contributed by atoms with van der Waals surface area (Å²) in [4.78, 5) is 0.277. The normalized spacial score (nSPS) is 21.3. The zero-order valence-electron chi connectivity index (χ0n) is 19.0. The van der Waals surface area contributed by atoms with Gasteiger partial charge in [0, 0.05) is 0 Å². The maximum atomic E-state index is 13.1. The number of benzene rings is 3. The zero-order chi connectivity index (χ0) is 23.0. The van der Waals surface area contributed by atoms with Crippen LogP contribution in [0, 0.1) is 0 Å². The Morgan fingerprint density at radius 1 is 0.844 bits per heavy atom. The topological polar surface area (TPSA) is 55.9 Å². The quantitative estimate of drug-likeness (QED) is 0.388. The number of hydrogen-bond donors (Lipinski definition) is 0. The summed E-state index contributed by atoms with van der Waals surface area (Å²) in [7, 11) is -6.35. The molecule has 0 spiro atoms. The number of ether oxygens (including phenoxy) is 1. The van der Waals surface area contributed by atoms with Gasteiger partial charge in [-0.3, -0.25) is 0 Å². The predicted molar refractivity (Wildman–Crippen MR) is 130 cm³/mol. The fourth-order valence-corrected chi connectivity index (χ4v) is 11.0. The minimum Gasteiger partial charge on any atom is -0.404 e. The third kappa shape index (κ3) is 3.97. The largest absolute Gasteiger partial charge is 0.404 e. The summed E-state index contributed by atoms with van der Waals surface area (Å²) in [6.45, 7) is 8.64. The van der Waals surface area contributed by atoms with Crippen LogP contribution in [0.1, 0.15) is 27.7 Å². The summed E-state index contributed by atoms with van der Waals surface area (Å²) in [6.07, 6.45) is 0. The van der Waals surface area contributed by atoms with Crippen molar-refractivity contribution in [3.05, 3.63) is 91.0 Å². The standard InChI is InChI=1S/C26H30O4SSi/c1-25(2,3)32(22-16-10-6-11-17-22,23-18-12-7-13-19-23)29-20-26(4)24(30-26)31(27,28)21-14-8-5-9-15-21/h5-19,24H,20H2,1-4H3/t24-,26+/m0/s1. The third-order valence-electron chi connectivity index (χ3n) is 6.16. The second kappa shape index (κ2) is 8.27. The Labute approximate surface area is 192 Å². The number of sulfone groups is 1. The molecule has 4 nitrogen and oxygen atoms in total. The van der Waals surface area contributed by atoms with Crippen molar-refractivity contribution in [2.75, 3.05) is 6.61 Å².